The fraction of sp³-hybridized carbons (Fsp3) is 0.524. The van der Waals surface area contributed by atoms with E-state index < -0.39 is 24.0 Å². The number of urea groups is 1. The van der Waals surface area contributed by atoms with Crippen LogP contribution in [0.5, 0.6) is 0 Å². The number of amides is 5. The van der Waals surface area contributed by atoms with Gasteiger partial charge in [-0.15, -0.1) is 0 Å². The largest absolute Gasteiger partial charge is 0.481 e. The minimum atomic E-state index is -1.12. The van der Waals surface area contributed by atoms with E-state index >= 15 is 0 Å². The lowest BCUT2D eigenvalue weighted by molar-refractivity contribution is -0.144. The van der Waals surface area contributed by atoms with Gasteiger partial charge in [0.05, 0.1) is 77.0 Å². The zero-order valence-electron chi connectivity index (χ0n) is 33.4. The summed E-state index contributed by atoms with van der Waals surface area (Å²) in [5, 5.41) is 17.4. The Kier molecular flexibility index (Phi) is 21.5. The highest BCUT2D eigenvalue weighted by atomic mass is 16.6. The molecule has 0 saturated carbocycles. The van der Waals surface area contributed by atoms with E-state index in [-0.39, 0.29) is 81.3 Å². The Hall–Kier alpha value is -5.34. The molecule has 0 saturated heterocycles. The number of nitrogens with two attached hydrogens (primary N) is 1. The highest BCUT2D eigenvalue weighted by Crippen LogP contribution is 2.26. The van der Waals surface area contributed by atoms with Gasteiger partial charge in [0, 0.05) is 49.9 Å². The molecule has 0 aromatic heterocycles. The molecule has 0 unspecified atom stereocenters. The van der Waals surface area contributed by atoms with E-state index in [1.165, 1.54) is 0 Å². The second kappa shape index (κ2) is 26.6. The van der Waals surface area contributed by atoms with Gasteiger partial charge in [-0.2, -0.15) is 0 Å². The lowest BCUT2D eigenvalue weighted by Crippen LogP contribution is -2.45. The molecule has 0 radical (unpaired) electrons. The van der Waals surface area contributed by atoms with Gasteiger partial charge in [-0.05, 0) is 42.5 Å². The van der Waals surface area contributed by atoms with Crippen molar-refractivity contribution < 1.29 is 52.8 Å². The number of carboxylic acid groups (broad SMARTS) is 1. The van der Waals surface area contributed by atoms with Crippen LogP contribution in [0, 0.1) is 23.7 Å². The highest BCUT2D eigenvalue weighted by Gasteiger charge is 2.29. The molecule has 2 aromatic rings. The Labute approximate surface area is 339 Å². The van der Waals surface area contributed by atoms with Crippen molar-refractivity contribution in [3.8, 4) is 11.8 Å². The highest BCUT2D eigenvalue weighted by molar-refractivity contribution is 5.97. The fourth-order valence-electron chi connectivity index (χ4n) is 5.95. The minimum absolute atomic E-state index is 0.0183. The maximum Gasteiger partial charge on any atom is 0.312 e. The van der Waals surface area contributed by atoms with Crippen LogP contribution in [0.2, 0.25) is 0 Å². The Morgan fingerprint density at radius 1 is 0.741 bits per heavy atom. The number of carboxylic acids is 1. The van der Waals surface area contributed by atoms with Crippen LogP contribution in [0.3, 0.4) is 0 Å². The predicted molar refractivity (Wildman–Crippen MR) is 215 cm³/mol. The molecule has 1 aliphatic rings. The molecule has 1 aliphatic heterocycles. The van der Waals surface area contributed by atoms with E-state index in [0.29, 0.717) is 59.2 Å². The molecule has 0 fully saturated rings. The van der Waals surface area contributed by atoms with E-state index in [9.17, 15) is 33.9 Å². The van der Waals surface area contributed by atoms with Crippen LogP contribution >= 0.6 is 0 Å². The molecule has 58 heavy (non-hydrogen) atoms. The van der Waals surface area contributed by atoms with Crippen molar-refractivity contribution in [3.63, 3.8) is 0 Å². The van der Waals surface area contributed by atoms with Gasteiger partial charge in [0.2, 0.25) is 17.7 Å². The van der Waals surface area contributed by atoms with Crippen LogP contribution in [0.15, 0.2) is 48.5 Å². The molecule has 6 N–H and O–H groups in total. The van der Waals surface area contributed by atoms with Crippen LogP contribution in [-0.4, -0.2) is 113 Å². The maximum atomic E-state index is 13.3. The number of nitrogens with zero attached hydrogens (tertiary/aromatic N) is 1. The van der Waals surface area contributed by atoms with Gasteiger partial charge in [-0.3, -0.25) is 24.0 Å². The van der Waals surface area contributed by atoms with Crippen LogP contribution < -0.4 is 26.6 Å². The van der Waals surface area contributed by atoms with Crippen LogP contribution in [0.4, 0.5) is 10.5 Å². The number of rotatable bonds is 28. The van der Waals surface area contributed by atoms with Gasteiger partial charge in [0.1, 0.15) is 0 Å². The first-order chi connectivity index (χ1) is 28.0. The molecule has 5 amide bonds. The summed E-state index contributed by atoms with van der Waals surface area (Å²) in [7, 11) is 0. The van der Waals surface area contributed by atoms with Crippen molar-refractivity contribution >= 4 is 41.2 Å². The van der Waals surface area contributed by atoms with Crippen molar-refractivity contribution in [3.05, 3.63) is 65.2 Å². The number of hydrogen-bond acceptors (Lipinski definition) is 10. The summed E-state index contributed by atoms with van der Waals surface area (Å²) >= 11 is 0. The summed E-state index contributed by atoms with van der Waals surface area (Å²) in [6, 6.07) is 13.7. The number of carbonyl (C=O) groups is 6. The summed E-state index contributed by atoms with van der Waals surface area (Å²) in [6.07, 6.45) is 0.406. The van der Waals surface area contributed by atoms with Crippen molar-refractivity contribution in [2.75, 3.05) is 70.8 Å². The monoisotopic (exact) mass is 807 g/mol. The van der Waals surface area contributed by atoms with Crippen LogP contribution in [0.1, 0.15) is 69.1 Å². The summed E-state index contributed by atoms with van der Waals surface area (Å²) in [4.78, 5) is 75.3. The Morgan fingerprint density at radius 3 is 2.00 bits per heavy atom. The average molecular weight is 808 g/mol. The summed E-state index contributed by atoms with van der Waals surface area (Å²) in [6.45, 7) is 6.72. The smallest absolute Gasteiger partial charge is 0.312 e. The maximum absolute atomic E-state index is 13.3. The normalized spacial score (nSPS) is 12.8. The number of nitrogens with one attached hydrogen (secondary N) is 3. The number of ketones is 1. The zero-order chi connectivity index (χ0) is 42.1. The molecule has 0 aliphatic carbocycles. The lowest BCUT2D eigenvalue weighted by Gasteiger charge is -2.26. The molecule has 0 bridgehead atoms. The Morgan fingerprint density at radius 2 is 1.34 bits per heavy atom. The molecule has 316 valence electrons. The number of benzene rings is 2. The summed E-state index contributed by atoms with van der Waals surface area (Å²) < 4.78 is 21.9. The second-order valence-corrected chi connectivity index (χ2v) is 13.9. The summed E-state index contributed by atoms with van der Waals surface area (Å²) in [5.74, 6) is 2.91. The number of anilines is 1. The third-order valence-corrected chi connectivity index (χ3v) is 9.05. The summed E-state index contributed by atoms with van der Waals surface area (Å²) in [5.41, 5.74) is 8.33. The molecular formula is C42H57N5O11. The average Bonchev–Trinajstić information content (AvgIpc) is 3.19. The number of hydrogen-bond donors (Lipinski definition) is 5. The first kappa shape index (κ1) is 47.0. The number of ether oxygens (including phenoxy) is 4. The lowest BCUT2D eigenvalue weighted by atomic mass is 9.90. The number of primary amides is 1. The molecule has 16 nitrogen and oxygen atoms in total. The molecule has 2 atom stereocenters. The molecule has 1 heterocycles. The SMILES string of the molecule is CC(C)[C@H](NC(=O)CCOCCOCCOCCOCCNC(=O)CCC(=O)N1Cc2ccccc2C#Cc2ccccc21)C(=O)C[C@@H](CCCNC(N)=O)C(=O)O. The van der Waals surface area contributed by atoms with Gasteiger partial charge in [0.15, 0.2) is 5.78 Å². The first-order valence-electron chi connectivity index (χ1n) is 19.6. The fourth-order valence-corrected chi connectivity index (χ4v) is 5.95. The van der Waals surface area contributed by atoms with Crippen molar-refractivity contribution in [2.24, 2.45) is 17.6 Å². The van der Waals surface area contributed by atoms with Crippen molar-refractivity contribution in [1.82, 2.24) is 16.0 Å². The number of fused-ring (bicyclic) bond motifs is 2. The third-order valence-electron chi connectivity index (χ3n) is 9.05. The van der Waals surface area contributed by atoms with E-state index in [0.717, 1.165) is 22.4 Å². The van der Waals surface area contributed by atoms with Gasteiger partial charge in [-0.25, -0.2) is 4.79 Å². The van der Waals surface area contributed by atoms with Gasteiger partial charge >= 0.3 is 12.0 Å². The van der Waals surface area contributed by atoms with E-state index in [2.05, 4.69) is 27.8 Å². The van der Waals surface area contributed by atoms with Crippen LogP contribution in [0.25, 0.3) is 0 Å². The van der Waals surface area contributed by atoms with Gasteiger partial charge < -0.3 is 50.6 Å². The topological polar surface area (TPSA) is 225 Å². The van der Waals surface area contributed by atoms with Gasteiger partial charge in [-0.1, -0.05) is 56.0 Å². The second-order valence-electron chi connectivity index (χ2n) is 13.9. The Bertz CT molecular complexity index is 1720. The third kappa shape index (κ3) is 17.9. The van der Waals surface area contributed by atoms with E-state index in [4.69, 9.17) is 24.7 Å². The number of carbonyl (C=O) groups excluding carboxylic acids is 5. The number of Topliss-reactive ketones (excluding diaryl/α,β-unsaturated/α-hetero) is 1. The standard InChI is InChI=1S/C42H57N5O11/c1-30(2)40(36(48)28-33(41(52)53)11-7-18-45-42(43)54)46-38(50)17-20-55-22-24-57-26-27-58-25-23-56-21-19-44-37(49)15-16-39(51)47-29-34-10-4-3-8-31(34)13-14-32-9-5-6-12-35(32)47/h3-6,8-10,12,30,33,40H,7,11,15-29H2,1-2H3,(H,44,49)(H,46,50)(H,52,53)(H3,43,45,54)/t33-,40+/m1/s1. The van der Waals surface area contributed by atoms with Crippen molar-refractivity contribution in [1.29, 1.82) is 0 Å². The first-order valence-corrected chi connectivity index (χ1v) is 19.6. The van der Waals surface area contributed by atoms with E-state index in [1.807, 2.05) is 48.5 Å². The van der Waals surface area contributed by atoms with Crippen molar-refractivity contribution in [2.45, 2.75) is 65.0 Å². The molecule has 0 spiro atoms. The number of para-hydroxylation sites is 1. The molecular weight excluding hydrogens is 750 g/mol. The Balaban J connectivity index is 1.17. The predicted octanol–water partition coefficient (Wildman–Crippen LogP) is 2.54. The quantitative estimate of drug-likeness (QED) is 0.0621. The minimum Gasteiger partial charge on any atom is -0.481 e. The van der Waals surface area contributed by atoms with Gasteiger partial charge in [0.25, 0.3) is 0 Å². The zero-order valence-corrected chi connectivity index (χ0v) is 33.4. The number of aliphatic carboxylic acids is 1. The molecule has 16 heteroatoms. The molecule has 2 aromatic carbocycles. The van der Waals surface area contributed by atoms with E-state index in [1.54, 1.807) is 18.7 Å². The molecule has 3 rings (SSSR count). The van der Waals surface area contributed by atoms with Crippen LogP contribution in [-0.2, 0) is 49.5 Å².